The Balaban J connectivity index is 2.02. The van der Waals surface area contributed by atoms with Crippen LogP contribution in [-0.2, 0) is 9.53 Å². The molecule has 4 nitrogen and oxygen atoms in total. The molecule has 1 aliphatic carbocycles. The van der Waals surface area contributed by atoms with Gasteiger partial charge in [-0.1, -0.05) is 13.8 Å². The van der Waals surface area contributed by atoms with E-state index in [0.717, 1.165) is 25.9 Å². The Morgan fingerprint density at radius 1 is 1.53 bits per heavy atom. The Kier molecular flexibility index (Phi) is 2.73. The van der Waals surface area contributed by atoms with Crippen molar-refractivity contribution in [1.82, 2.24) is 4.90 Å². The summed E-state index contributed by atoms with van der Waals surface area (Å²) in [7, 11) is 0. The molecule has 1 N–H and O–H groups in total. The molecule has 15 heavy (non-hydrogen) atoms. The van der Waals surface area contributed by atoms with Gasteiger partial charge < -0.3 is 9.84 Å². The number of hydrogen-bond donors (Lipinski definition) is 1. The fourth-order valence-corrected chi connectivity index (χ4v) is 2.25. The molecule has 1 saturated heterocycles. The van der Waals surface area contributed by atoms with Crippen molar-refractivity contribution in [3.63, 3.8) is 0 Å². The van der Waals surface area contributed by atoms with E-state index in [9.17, 15) is 9.90 Å². The Labute approximate surface area is 90.2 Å². The summed E-state index contributed by atoms with van der Waals surface area (Å²) in [6.45, 7) is 6.43. The number of morpholine rings is 1. The minimum atomic E-state index is -0.660. The molecule has 0 aromatic rings. The lowest BCUT2D eigenvalue weighted by Crippen LogP contribution is -2.53. The molecule has 2 rings (SSSR count). The standard InChI is InChI=1S/C11H19NO3/c1-8(2)9-7-12(5-6-15-9)11(3-4-11)10(13)14/h8-9H,3-7H2,1-2H3,(H,13,14). The van der Waals surface area contributed by atoms with Crippen LogP contribution in [0, 0.1) is 5.92 Å². The summed E-state index contributed by atoms with van der Waals surface area (Å²) in [6.07, 6.45) is 1.79. The summed E-state index contributed by atoms with van der Waals surface area (Å²) in [4.78, 5) is 13.3. The molecule has 0 aromatic heterocycles. The molecular weight excluding hydrogens is 194 g/mol. The van der Waals surface area contributed by atoms with E-state index in [2.05, 4.69) is 18.7 Å². The summed E-state index contributed by atoms with van der Waals surface area (Å²) < 4.78 is 5.64. The van der Waals surface area contributed by atoms with E-state index in [0.29, 0.717) is 12.5 Å². The van der Waals surface area contributed by atoms with E-state index in [1.54, 1.807) is 0 Å². The van der Waals surface area contributed by atoms with Crippen molar-refractivity contribution in [3.8, 4) is 0 Å². The molecule has 86 valence electrons. The van der Waals surface area contributed by atoms with Crippen molar-refractivity contribution in [2.75, 3.05) is 19.7 Å². The Hall–Kier alpha value is -0.610. The highest BCUT2D eigenvalue weighted by atomic mass is 16.5. The monoisotopic (exact) mass is 213 g/mol. The molecule has 1 heterocycles. The summed E-state index contributed by atoms with van der Waals surface area (Å²) in [6, 6.07) is 0. The Bertz CT molecular complexity index is 261. The quantitative estimate of drug-likeness (QED) is 0.758. The number of aliphatic carboxylic acids is 1. The van der Waals surface area contributed by atoms with Gasteiger partial charge in [0.1, 0.15) is 5.54 Å². The molecular formula is C11H19NO3. The number of carboxylic acid groups (broad SMARTS) is 1. The van der Waals surface area contributed by atoms with Crippen LogP contribution < -0.4 is 0 Å². The fourth-order valence-electron chi connectivity index (χ4n) is 2.25. The Morgan fingerprint density at radius 2 is 2.20 bits per heavy atom. The molecule has 1 saturated carbocycles. The highest BCUT2D eigenvalue weighted by molar-refractivity contribution is 5.82. The molecule has 2 aliphatic rings. The van der Waals surface area contributed by atoms with Crippen LogP contribution in [0.5, 0.6) is 0 Å². The van der Waals surface area contributed by atoms with E-state index >= 15 is 0 Å². The van der Waals surface area contributed by atoms with Gasteiger partial charge in [-0.15, -0.1) is 0 Å². The van der Waals surface area contributed by atoms with E-state index in [-0.39, 0.29) is 6.10 Å². The molecule has 1 unspecified atom stereocenters. The van der Waals surface area contributed by atoms with Crippen LogP contribution >= 0.6 is 0 Å². The van der Waals surface area contributed by atoms with Gasteiger partial charge in [-0.2, -0.15) is 0 Å². The SMILES string of the molecule is CC(C)C1CN(C2(C(=O)O)CC2)CCO1. The van der Waals surface area contributed by atoms with Crippen LogP contribution in [0.3, 0.4) is 0 Å². The zero-order valence-corrected chi connectivity index (χ0v) is 9.40. The lowest BCUT2D eigenvalue weighted by Gasteiger charge is -2.38. The maximum Gasteiger partial charge on any atom is 0.324 e. The molecule has 4 heteroatoms. The summed E-state index contributed by atoms with van der Waals surface area (Å²) >= 11 is 0. The first-order chi connectivity index (χ1) is 7.06. The zero-order valence-electron chi connectivity index (χ0n) is 9.40. The van der Waals surface area contributed by atoms with Gasteiger partial charge in [0, 0.05) is 13.1 Å². The second-order valence-electron chi connectivity index (χ2n) is 4.94. The third kappa shape index (κ3) is 1.88. The minimum absolute atomic E-state index is 0.190. The van der Waals surface area contributed by atoms with E-state index in [1.165, 1.54) is 0 Å². The van der Waals surface area contributed by atoms with E-state index < -0.39 is 11.5 Å². The zero-order chi connectivity index (χ0) is 11.1. The van der Waals surface area contributed by atoms with Crippen molar-refractivity contribution in [1.29, 1.82) is 0 Å². The van der Waals surface area contributed by atoms with Gasteiger partial charge in [-0.3, -0.25) is 9.69 Å². The average molecular weight is 213 g/mol. The lowest BCUT2D eigenvalue weighted by molar-refractivity contribution is -0.150. The smallest absolute Gasteiger partial charge is 0.324 e. The van der Waals surface area contributed by atoms with Gasteiger partial charge in [0.15, 0.2) is 0 Å². The van der Waals surface area contributed by atoms with Crippen molar-refractivity contribution in [2.45, 2.75) is 38.3 Å². The maximum absolute atomic E-state index is 11.2. The molecule has 1 aliphatic heterocycles. The van der Waals surface area contributed by atoms with Crippen LogP contribution in [0.2, 0.25) is 0 Å². The van der Waals surface area contributed by atoms with Crippen LogP contribution in [-0.4, -0.2) is 47.3 Å². The molecule has 0 radical (unpaired) electrons. The summed E-state index contributed by atoms with van der Waals surface area (Å²) in [5.41, 5.74) is -0.545. The van der Waals surface area contributed by atoms with Gasteiger partial charge in [0.2, 0.25) is 0 Å². The normalized spacial score (nSPS) is 30.5. The van der Waals surface area contributed by atoms with Gasteiger partial charge in [-0.25, -0.2) is 0 Å². The predicted molar refractivity (Wildman–Crippen MR) is 55.8 cm³/mol. The van der Waals surface area contributed by atoms with Crippen molar-refractivity contribution in [2.24, 2.45) is 5.92 Å². The highest BCUT2D eigenvalue weighted by Gasteiger charge is 2.55. The second kappa shape index (κ2) is 3.76. The molecule has 1 atom stereocenters. The molecule has 0 bridgehead atoms. The predicted octanol–water partition coefficient (Wildman–Crippen LogP) is 0.960. The van der Waals surface area contributed by atoms with Gasteiger partial charge >= 0.3 is 5.97 Å². The van der Waals surface area contributed by atoms with Crippen LogP contribution in [0.1, 0.15) is 26.7 Å². The second-order valence-corrected chi connectivity index (χ2v) is 4.94. The number of carbonyl (C=O) groups is 1. The van der Waals surface area contributed by atoms with Gasteiger partial charge in [-0.05, 0) is 18.8 Å². The Morgan fingerprint density at radius 3 is 2.67 bits per heavy atom. The van der Waals surface area contributed by atoms with Crippen LogP contribution in [0.4, 0.5) is 0 Å². The first-order valence-corrected chi connectivity index (χ1v) is 5.66. The lowest BCUT2D eigenvalue weighted by atomic mass is 10.0. The summed E-state index contributed by atoms with van der Waals surface area (Å²) in [5, 5.41) is 9.20. The van der Waals surface area contributed by atoms with E-state index in [4.69, 9.17) is 4.74 Å². The van der Waals surface area contributed by atoms with Crippen molar-refractivity contribution < 1.29 is 14.6 Å². The number of ether oxygens (including phenoxy) is 1. The third-order valence-electron chi connectivity index (χ3n) is 3.56. The number of carboxylic acids is 1. The van der Waals surface area contributed by atoms with Gasteiger partial charge in [0.05, 0.1) is 12.7 Å². The maximum atomic E-state index is 11.2. The van der Waals surface area contributed by atoms with Crippen molar-refractivity contribution >= 4 is 5.97 Å². The van der Waals surface area contributed by atoms with Crippen molar-refractivity contribution in [3.05, 3.63) is 0 Å². The molecule has 2 fully saturated rings. The number of nitrogens with zero attached hydrogens (tertiary/aromatic N) is 1. The number of hydrogen-bond acceptors (Lipinski definition) is 3. The first kappa shape index (κ1) is 10.9. The largest absolute Gasteiger partial charge is 0.480 e. The highest BCUT2D eigenvalue weighted by Crippen LogP contribution is 2.43. The topological polar surface area (TPSA) is 49.8 Å². The average Bonchev–Trinajstić information content (AvgIpc) is 2.98. The van der Waals surface area contributed by atoms with Crippen LogP contribution in [0.15, 0.2) is 0 Å². The van der Waals surface area contributed by atoms with E-state index in [1.807, 2.05) is 0 Å². The molecule has 0 amide bonds. The molecule has 0 spiro atoms. The fraction of sp³-hybridized carbons (Fsp3) is 0.909. The summed E-state index contributed by atoms with van der Waals surface area (Å²) in [5.74, 6) is -0.204. The van der Waals surface area contributed by atoms with Gasteiger partial charge in [0.25, 0.3) is 0 Å². The number of rotatable bonds is 3. The first-order valence-electron chi connectivity index (χ1n) is 5.66. The molecule has 0 aromatic carbocycles. The third-order valence-corrected chi connectivity index (χ3v) is 3.56. The van der Waals surface area contributed by atoms with Crippen LogP contribution in [0.25, 0.3) is 0 Å². The minimum Gasteiger partial charge on any atom is -0.480 e.